The molecule has 0 saturated heterocycles. The lowest BCUT2D eigenvalue weighted by Crippen LogP contribution is -2.00. The number of ether oxygens (including phenoxy) is 3. The molecule has 0 unspecified atom stereocenters. The highest BCUT2D eigenvalue weighted by atomic mass is 32.2. The van der Waals surface area contributed by atoms with Crippen LogP contribution in [0.3, 0.4) is 0 Å². The van der Waals surface area contributed by atoms with Gasteiger partial charge in [-0.3, -0.25) is 0 Å². The van der Waals surface area contributed by atoms with Gasteiger partial charge in [-0.1, -0.05) is 11.8 Å². The smallest absolute Gasteiger partial charge is 0.341 e. The van der Waals surface area contributed by atoms with Crippen molar-refractivity contribution in [3.05, 3.63) is 41.3 Å². The number of aryl methyl sites for hydroxylation is 1. The van der Waals surface area contributed by atoms with Crippen molar-refractivity contribution in [1.82, 2.24) is 10.2 Å². The average Bonchev–Trinajstić information content (AvgIpc) is 3.38. The molecule has 1 aliphatic heterocycles. The molecule has 4 rings (SSSR count). The average molecular weight is 374 g/mol. The molecule has 0 spiro atoms. The number of methoxy groups -OCH3 is 1. The number of hydrogen-bond donors (Lipinski definition) is 0. The molecule has 0 fully saturated rings. The number of fused-ring (bicyclic) bond motifs is 1. The standard InChI is InChI=1S/C17H14N2O6S/c1-9-12(16(20)21-2)6-11(24-9)7-26-17-19-18-15(25-17)10-3-4-13-14(5-10)23-8-22-13/h3-6H,7-8H2,1-2H3. The van der Waals surface area contributed by atoms with E-state index >= 15 is 0 Å². The first-order valence-electron chi connectivity index (χ1n) is 7.68. The van der Waals surface area contributed by atoms with Crippen LogP contribution in [-0.4, -0.2) is 30.1 Å². The SMILES string of the molecule is COC(=O)c1cc(CSc2nnc(-c3ccc4c(c3)OCO4)o2)oc1C. The molecule has 0 amide bonds. The number of esters is 1. The van der Waals surface area contributed by atoms with Crippen molar-refractivity contribution >= 4 is 17.7 Å². The molecular weight excluding hydrogens is 360 g/mol. The van der Waals surface area contributed by atoms with Gasteiger partial charge in [0.2, 0.25) is 12.7 Å². The minimum absolute atomic E-state index is 0.208. The molecular formula is C17H14N2O6S. The summed E-state index contributed by atoms with van der Waals surface area (Å²) in [5, 5.41) is 8.47. The fourth-order valence-corrected chi connectivity index (χ4v) is 3.12. The second kappa shape index (κ2) is 6.75. The Morgan fingerprint density at radius 1 is 1.19 bits per heavy atom. The van der Waals surface area contributed by atoms with Crippen LogP contribution in [0.1, 0.15) is 21.9 Å². The van der Waals surface area contributed by atoms with Gasteiger partial charge >= 0.3 is 5.97 Å². The quantitative estimate of drug-likeness (QED) is 0.491. The summed E-state index contributed by atoms with van der Waals surface area (Å²) in [4.78, 5) is 11.6. The Morgan fingerprint density at radius 3 is 2.88 bits per heavy atom. The molecule has 0 atom stereocenters. The molecule has 0 saturated carbocycles. The molecule has 0 N–H and O–H groups in total. The number of aromatic nitrogens is 2. The molecule has 26 heavy (non-hydrogen) atoms. The van der Waals surface area contributed by atoms with Crippen LogP contribution in [0.25, 0.3) is 11.5 Å². The topological polar surface area (TPSA) is 96.8 Å². The molecule has 0 radical (unpaired) electrons. The summed E-state index contributed by atoms with van der Waals surface area (Å²) in [7, 11) is 1.33. The van der Waals surface area contributed by atoms with Crippen molar-refractivity contribution in [1.29, 1.82) is 0 Å². The molecule has 1 aliphatic rings. The number of hydrogen-bond acceptors (Lipinski definition) is 9. The molecule has 134 valence electrons. The zero-order valence-electron chi connectivity index (χ0n) is 14.0. The monoisotopic (exact) mass is 374 g/mol. The van der Waals surface area contributed by atoms with Crippen LogP contribution in [0.15, 0.2) is 38.3 Å². The molecule has 2 aromatic heterocycles. The molecule has 8 nitrogen and oxygen atoms in total. The summed E-state index contributed by atoms with van der Waals surface area (Å²) in [6.45, 7) is 1.92. The Hall–Kier alpha value is -2.94. The minimum atomic E-state index is -0.426. The molecule has 9 heteroatoms. The maximum atomic E-state index is 11.6. The third kappa shape index (κ3) is 3.13. The molecule has 3 aromatic rings. The van der Waals surface area contributed by atoms with E-state index in [1.165, 1.54) is 18.9 Å². The zero-order chi connectivity index (χ0) is 18.1. The summed E-state index contributed by atoms with van der Waals surface area (Å²) < 4.78 is 26.6. The van der Waals surface area contributed by atoms with Crippen LogP contribution in [-0.2, 0) is 10.5 Å². The maximum absolute atomic E-state index is 11.6. The Balaban J connectivity index is 1.45. The van der Waals surface area contributed by atoms with Gasteiger partial charge in [0.15, 0.2) is 11.5 Å². The summed E-state index contributed by atoms with van der Waals surface area (Å²) in [5.74, 6) is 2.88. The van der Waals surface area contributed by atoms with Gasteiger partial charge in [-0.05, 0) is 31.2 Å². The van der Waals surface area contributed by atoms with Crippen LogP contribution in [0, 0.1) is 6.92 Å². The molecule has 0 aliphatic carbocycles. The van der Waals surface area contributed by atoms with E-state index in [1.807, 2.05) is 6.07 Å². The lowest BCUT2D eigenvalue weighted by Gasteiger charge is -1.98. The first-order chi connectivity index (χ1) is 12.6. The molecule has 3 heterocycles. The summed E-state index contributed by atoms with van der Waals surface area (Å²) >= 11 is 1.31. The van der Waals surface area contributed by atoms with E-state index in [9.17, 15) is 4.79 Å². The number of nitrogens with zero attached hydrogens (tertiary/aromatic N) is 2. The number of furan rings is 1. The van der Waals surface area contributed by atoms with Crippen LogP contribution in [0.2, 0.25) is 0 Å². The molecule has 1 aromatic carbocycles. The predicted octanol–water partition coefficient (Wildman–Crippen LogP) is 3.45. The second-order valence-corrected chi connectivity index (χ2v) is 6.33. The van der Waals surface area contributed by atoms with Gasteiger partial charge in [-0.2, -0.15) is 0 Å². The third-order valence-electron chi connectivity index (χ3n) is 3.74. The minimum Gasteiger partial charge on any atom is -0.465 e. The number of carbonyl (C=O) groups excluding carboxylic acids is 1. The van der Waals surface area contributed by atoms with Gasteiger partial charge in [0.05, 0.1) is 12.9 Å². The van der Waals surface area contributed by atoms with Crippen LogP contribution in [0.4, 0.5) is 0 Å². The van der Waals surface area contributed by atoms with Gasteiger partial charge in [0, 0.05) is 5.56 Å². The predicted molar refractivity (Wildman–Crippen MR) is 90.2 cm³/mol. The summed E-state index contributed by atoms with van der Waals surface area (Å²) in [6.07, 6.45) is 0. The van der Waals surface area contributed by atoms with Crippen molar-refractivity contribution in [3.8, 4) is 23.0 Å². The fourth-order valence-electron chi connectivity index (χ4n) is 2.47. The lowest BCUT2D eigenvalue weighted by molar-refractivity contribution is 0.0599. The fraction of sp³-hybridized carbons (Fsp3) is 0.235. The van der Waals surface area contributed by atoms with E-state index in [2.05, 4.69) is 10.2 Å². The maximum Gasteiger partial charge on any atom is 0.341 e. The van der Waals surface area contributed by atoms with Gasteiger partial charge < -0.3 is 23.0 Å². The first-order valence-corrected chi connectivity index (χ1v) is 8.66. The van der Waals surface area contributed by atoms with Crippen LogP contribution < -0.4 is 9.47 Å². The highest BCUT2D eigenvalue weighted by Crippen LogP contribution is 2.36. The van der Waals surface area contributed by atoms with E-state index in [0.717, 1.165) is 5.56 Å². The van der Waals surface area contributed by atoms with Gasteiger partial charge in [-0.15, -0.1) is 10.2 Å². The van der Waals surface area contributed by atoms with E-state index < -0.39 is 5.97 Å². The van der Waals surface area contributed by atoms with Crippen LogP contribution in [0.5, 0.6) is 11.5 Å². The summed E-state index contributed by atoms with van der Waals surface area (Å²) in [6, 6.07) is 7.08. The Kier molecular flexibility index (Phi) is 4.29. The van der Waals surface area contributed by atoms with Gasteiger partial charge in [0.1, 0.15) is 17.1 Å². The number of carbonyl (C=O) groups is 1. The first kappa shape index (κ1) is 16.5. The van der Waals surface area contributed by atoms with Gasteiger partial charge in [0.25, 0.3) is 5.22 Å². The number of thioether (sulfide) groups is 1. The van der Waals surface area contributed by atoms with Crippen LogP contribution >= 0.6 is 11.8 Å². The van der Waals surface area contributed by atoms with E-state index in [-0.39, 0.29) is 6.79 Å². The van der Waals surface area contributed by atoms with E-state index in [1.54, 1.807) is 25.1 Å². The second-order valence-electron chi connectivity index (χ2n) is 5.40. The van der Waals surface area contributed by atoms with Gasteiger partial charge in [-0.25, -0.2) is 4.79 Å². The van der Waals surface area contributed by atoms with E-state index in [4.69, 9.17) is 23.0 Å². The van der Waals surface area contributed by atoms with E-state index in [0.29, 0.717) is 45.4 Å². The highest BCUT2D eigenvalue weighted by Gasteiger charge is 2.18. The lowest BCUT2D eigenvalue weighted by atomic mass is 10.2. The Labute approximate surface area is 152 Å². The zero-order valence-corrected chi connectivity index (χ0v) is 14.8. The van der Waals surface area contributed by atoms with Crippen molar-refractivity contribution in [2.24, 2.45) is 0 Å². The Bertz CT molecular complexity index is 964. The normalized spacial score (nSPS) is 12.4. The number of benzene rings is 1. The van der Waals surface area contributed by atoms with Crippen molar-refractivity contribution in [3.63, 3.8) is 0 Å². The third-order valence-corrected chi connectivity index (χ3v) is 4.58. The van der Waals surface area contributed by atoms with Crippen molar-refractivity contribution in [2.45, 2.75) is 17.9 Å². The number of rotatable bonds is 5. The molecule has 0 bridgehead atoms. The van der Waals surface area contributed by atoms with Crippen molar-refractivity contribution in [2.75, 3.05) is 13.9 Å². The highest BCUT2D eigenvalue weighted by molar-refractivity contribution is 7.98. The summed E-state index contributed by atoms with van der Waals surface area (Å²) in [5.41, 5.74) is 1.16. The Morgan fingerprint density at radius 2 is 2.04 bits per heavy atom. The van der Waals surface area contributed by atoms with Crippen molar-refractivity contribution < 1.29 is 27.8 Å². The largest absolute Gasteiger partial charge is 0.465 e.